The van der Waals surface area contributed by atoms with Crippen molar-refractivity contribution in [1.82, 2.24) is 4.90 Å². The molecule has 2 heterocycles. The van der Waals surface area contributed by atoms with Gasteiger partial charge in [0, 0.05) is 36.2 Å². The van der Waals surface area contributed by atoms with E-state index in [-0.39, 0.29) is 0 Å². The minimum absolute atomic E-state index is 0.478. The Balaban J connectivity index is 1.87. The Morgan fingerprint density at radius 2 is 2.00 bits per heavy atom. The number of hydrogen-bond donors (Lipinski definition) is 0. The molecule has 1 aromatic carbocycles. The summed E-state index contributed by atoms with van der Waals surface area (Å²) < 4.78 is 27.5. The summed E-state index contributed by atoms with van der Waals surface area (Å²) in [6.45, 7) is 3.76. The smallest absolute Gasteiger partial charge is 0.150 e. The first kappa shape index (κ1) is 12.4. The van der Waals surface area contributed by atoms with Crippen molar-refractivity contribution in [3.63, 3.8) is 0 Å². The van der Waals surface area contributed by atoms with Crippen LogP contribution in [0.25, 0.3) is 0 Å². The van der Waals surface area contributed by atoms with E-state index in [1.807, 2.05) is 4.90 Å². The van der Waals surface area contributed by atoms with Gasteiger partial charge in [-0.1, -0.05) is 0 Å². The van der Waals surface area contributed by atoms with Crippen molar-refractivity contribution < 1.29 is 8.78 Å². The van der Waals surface area contributed by atoms with Crippen LogP contribution in [0, 0.1) is 11.6 Å². The number of benzene rings is 1. The Bertz CT molecular complexity index is 443. The molecule has 2 saturated heterocycles. The van der Waals surface area contributed by atoms with E-state index in [1.165, 1.54) is 18.9 Å². The molecule has 18 heavy (non-hydrogen) atoms. The first-order chi connectivity index (χ1) is 8.65. The van der Waals surface area contributed by atoms with Crippen LogP contribution in [0.4, 0.5) is 14.5 Å². The minimum atomic E-state index is -0.539. The topological polar surface area (TPSA) is 6.48 Å². The van der Waals surface area contributed by atoms with Gasteiger partial charge in [-0.25, -0.2) is 8.78 Å². The standard InChI is InChI=1S/C13H15BrF2N2/c14-11-6-9(15)7-12(16)13(11)18-5-4-17-3-1-2-10(17)8-18/h6-7,10H,1-5,8H2. The highest BCUT2D eigenvalue weighted by Gasteiger charge is 2.32. The Kier molecular flexibility index (Phi) is 3.28. The van der Waals surface area contributed by atoms with E-state index < -0.39 is 11.6 Å². The Labute approximate surface area is 114 Å². The van der Waals surface area contributed by atoms with Crippen LogP contribution in [-0.4, -0.2) is 37.1 Å². The van der Waals surface area contributed by atoms with E-state index in [2.05, 4.69) is 20.8 Å². The number of fused-ring (bicyclic) bond motifs is 1. The van der Waals surface area contributed by atoms with Gasteiger partial charge in [0.15, 0.2) is 5.82 Å². The number of nitrogens with zero attached hydrogens (tertiary/aromatic N) is 2. The fourth-order valence-corrected chi connectivity index (χ4v) is 3.69. The average Bonchev–Trinajstić information content (AvgIpc) is 2.74. The summed E-state index contributed by atoms with van der Waals surface area (Å²) in [6, 6.07) is 2.82. The van der Waals surface area contributed by atoms with Crippen molar-refractivity contribution in [1.29, 1.82) is 0 Å². The fraction of sp³-hybridized carbons (Fsp3) is 0.538. The van der Waals surface area contributed by atoms with E-state index in [0.717, 1.165) is 32.2 Å². The van der Waals surface area contributed by atoms with Gasteiger partial charge in [-0.05, 0) is 41.4 Å². The van der Waals surface area contributed by atoms with Gasteiger partial charge in [0.25, 0.3) is 0 Å². The van der Waals surface area contributed by atoms with Crippen LogP contribution in [0.2, 0.25) is 0 Å². The number of halogens is 3. The van der Waals surface area contributed by atoms with Crippen LogP contribution in [0.5, 0.6) is 0 Å². The number of anilines is 1. The van der Waals surface area contributed by atoms with Gasteiger partial charge >= 0.3 is 0 Å². The largest absolute Gasteiger partial charge is 0.365 e. The van der Waals surface area contributed by atoms with Gasteiger partial charge in [-0.3, -0.25) is 4.90 Å². The lowest BCUT2D eigenvalue weighted by Crippen LogP contribution is -2.50. The summed E-state index contributed by atoms with van der Waals surface area (Å²) in [5.74, 6) is -1.02. The third-order valence-corrected chi connectivity index (χ3v) is 4.49. The highest BCUT2D eigenvalue weighted by molar-refractivity contribution is 9.10. The predicted octanol–water partition coefficient (Wildman–Crippen LogP) is 3.01. The van der Waals surface area contributed by atoms with Crippen LogP contribution in [0.15, 0.2) is 16.6 Å². The van der Waals surface area contributed by atoms with Crippen molar-refractivity contribution in [2.45, 2.75) is 18.9 Å². The Hall–Kier alpha value is -0.680. The molecule has 2 fully saturated rings. The molecule has 5 heteroatoms. The van der Waals surface area contributed by atoms with Gasteiger partial charge in [-0.2, -0.15) is 0 Å². The molecule has 0 spiro atoms. The molecule has 1 unspecified atom stereocenters. The number of rotatable bonds is 1. The van der Waals surface area contributed by atoms with E-state index in [4.69, 9.17) is 0 Å². The third kappa shape index (κ3) is 2.14. The van der Waals surface area contributed by atoms with Gasteiger partial charge < -0.3 is 4.90 Å². The lowest BCUT2D eigenvalue weighted by Gasteiger charge is -2.39. The molecule has 2 aliphatic rings. The molecule has 0 bridgehead atoms. The quantitative estimate of drug-likeness (QED) is 0.786. The van der Waals surface area contributed by atoms with Crippen LogP contribution in [0.3, 0.4) is 0 Å². The summed E-state index contributed by atoms with van der Waals surface area (Å²) in [5.41, 5.74) is 0.503. The SMILES string of the molecule is Fc1cc(F)c(N2CCN3CCCC3C2)c(Br)c1. The molecule has 0 saturated carbocycles. The molecule has 2 aliphatic heterocycles. The van der Waals surface area contributed by atoms with E-state index in [1.54, 1.807) is 0 Å². The lowest BCUT2D eigenvalue weighted by atomic mass is 10.1. The van der Waals surface area contributed by atoms with Gasteiger partial charge in [0.2, 0.25) is 0 Å². The molecule has 2 nitrogen and oxygen atoms in total. The Morgan fingerprint density at radius 1 is 1.17 bits per heavy atom. The highest BCUT2D eigenvalue weighted by Crippen LogP contribution is 2.33. The molecule has 0 amide bonds. The zero-order valence-corrected chi connectivity index (χ0v) is 11.6. The molecule has 1 atom stereocenters. The maximum Gasteiger partial charge on any atom is 0.150 e. The second kappa shape index (κ2) is 4.78. The van der Waals surface area contributed by atoms with Crippen LogP contribution < -0.4 is 4.90 Å². The second-order valence-corrected chi connectivity index (χ2v) is 5.85. The molecule has 0 aromatic heterocycles. The molecular weight excluding hydrogens is 302 g/mol. The maximum absolute atomic E-state index is 13.9. The molecule has 0 aliphatic carbocycles. The highest BCUT2D eigenvalue weighted by atomic mass is 79.9. The van der Waals surface area contributed by atoms with Crippen molar-refractivity contribution in [2.75, 3.05) is 31.1 Å². The molecule has 98 valence electrons. The third-order valence-electron chi connectivity index (χ3n) is 3.89. The molecular formula is C13H15BrF2N2. The van der Waals surface area contributed by atoms with Crippen molar-refractivity contribution in [2.24, 2.45) is 0 Å². The van der Waals surface area contributed by atoms with Gasteiger partial charge in [-0.15, -0.1) is 0 Å². The summed E-state index contributed by atoms with van der Waals surface area (Å²) >= 11 is 3.27. The second-order valence-electron chi connectivity index (χ2n) is 5.00. The monoisotopic (exact) mass is 316 g/mol. The van der Waals surface area contributed by atoms with Crippen molar-refractivity contribution >= 4 is 21.6 Å². The summed E-state index contributed by atoms with van der Waals surface area (Å²) in [5, 5.41) is 0. The molecule has 1 aromatic rings. The fourth-order valence-electron chi connectivity index (χ4n) is 3.03. The van der Waals surface area contributed by atoms with E-state index in [9.17, 15) is 8.78 Å². The summed E-state index contributed by atoms with van der Waals surface area (Å²) in [7, 11) is 0. The number of piperazine rings is 1. The van der Waals surface area contributed by atoms with Crippen molar-refractivity contribution in [3.8, 4) is 0 Å². The normalized spacial score (nSPS) is 24.4. The lowest BCUT2D eigenvalue weighted by molar-refractivity contribution is 0.230. The number of hydrogen-bond acceptors (Lipinski definition) is 2. The van der Waals surface area contributed by atoms with E-state index >= 15 is 0 Å². The van der Waals surface area contributed by atoms with Crippen LogP contribution in [0.1, 0.15) is 12.8 Å². The first-order valence-corrected chi connectivity index (χ1v) is 7.08. The van der Waals surface area contributed by atoms with Gasteiger partial charge in [0.05, 0.1) is 5.69 Å². The predicted molar refractivity (Wildman–Crippen MR) is 70.9 cm³/mol. The molecule has 3 rings (SSSR count). The maximum atomic E-state index is 13.9. The minimum Gasteiger partial charge on any atom is -0.365 e. The zero-order valence-electron chi connectivity index (χ0n) is 10.0. The molecule has 0 N–H and O–H groups in total. The zero-order chi connectivity index (χ0) is 12.7. The Morgan fingerprint density at radius 3 is 2.78 bits per heavy atom. The van der Waals surface area contributed by atoms with Crippen LogP contribution in [-0.2, 0) is 0 Å². The first-order valence-electron chi connectivity index (χ1n) is 6.28. The average molecular weight is 317 g/mol. The van der Waals surface area contributed by atoms with E-state index in [0.29, 0.717) is 16.2 Å². The van der Waals surface area contributed by atoms with Crippen LogP contribution >= 0.6 is 15.9 Å². The summed E-state index contributed by atoms with van der Waals surface area (Å²) in [6.07, 6.45) is 2.41. The van der Waals surface area contributed by atoms with Crippen molar-refractivity contribution in [3.05, 3.63) is 28.2 Å². The van der Waals surface area contributed by atoms with Gasteiger partial charge in [0.1, 0.15) is 5.82 Å². The molecule has 0 radical (unpaired) electrons. The summed E-state index contributed by atoms with van der Waals surface area (Å²) in [4.78, 5) is 4.50.